The molecule has 1 heterocycles. The lowest BCUT2D eigenvalue weighted by atomic mass is 10.1. The Morgan fingerprint density at radius 1 is 1.35 bits per heavy atom. The molecule has 0 atom stereocenters. The zero-order valence-electron chi connectivity index (χ0n) is 9.64. The Hall–Kier alpha value is -2.40. The highest BCUT2D eigenvalue weighted by atomic mass is 14.9. The second-order valence-electron chi connectivity index (χ2n) is 3.77. The second kappa shape index (κ2) is 4.63. The predicted octanol–water partition coefficient (Wildman–Crippen LogP) is 3.16. The first-order valence-electron chi connectivity index (χ1n) is 5.26. The van der Waals surface area contributed by atoms with E-state index in [0.29, 0.717) is 5.82 Å². The van der Waals surface area contributed by atoms with Crippen LogP contribution in [0, 0.1) is 12.3 Å². The molecule has 1 aromatic heterocycles. The minimum absolute atomic E-state index is 0.669. The maximum absolute atomic E-state index is 5.37. The first-order chi connectivity index (χ1) is 8.20. The molecular weight excluding hydrogens is 208 g/mol. The third-order valence-corrected chi connectivity index (χ3v) is 2.38. The van der Waals surface area contributed by atoms with Crippen LogP contribution in [-0.2, 0) is 0 Å². The number of nitrogens with zero attached hydrogens (tertiary/aromatic N) is 2. The quantitative estimate of drug-likeness (QED) is 0.726. The van der Waals surface area contributed by atoms with Crippen molar-refractivity contribution in [2.75, 3.05) is 0 Å². The normalized spacial score (nSPS) is 9.65. The third-order valence-electron chi connectivity index (χ3n) is 2.38. The molecule has 0 aliphatic rings. The fourth-order valence-corrected chi connectivity index (χ4v) is 1.48. The van der Waals surface area contributed by atoms with Crippen molar-refractivity contribution in [1.29, 1.82) is 0 Å². The molecule has 0 spiro atoms. The van der Waals surface area contributed by atoms with Crippen LogP contribution >= 0.6 is 0 Å². The Kier molecular flexibility index (Phi) is 3.02. The molecule has 0 bridgehead atoms. The first kappa shape index (κ1) is 11.1. The van der Waals surface area contributed by atoms with Crippen LogP contribution in [-0.4, -0.2) is 9.97 Å². The number of rotatable bonds is 2. The van der Waals surface area contributed by atoms with Crippen LogP contribution in [0.5, 0.6) is 0 Å². The van der Waals surface area contributed by atoms with E-state index in [1.54, 1.807) is 6.20 Å². The smallest absolute Gasteiger partial charge is 0.159 e. The van der Waals surface area contributed by atoms with Gasteiger partial charge >= 0.3 is 0 Å². The van der Waals surface area contributed by atoms with Gasteiger partial charge in [0, 0.05) is 17.3 Å². The molecule has 0 saturated heterocycles. The standard InChI is InChI=1S/C15H12N2/c1-4-12-6-5-7-13(10-12)15-16-9-8-14(17-15)11(2)3/h1,5-10H,2H2,3H3. The maximum atomic E-state index is 5.37. The Labute approximate surface area is 101 Å². The van der Waals surface area contributed by atoms with E-state index in [1.807, 2.05) is 37.3 Å². The Balaban J connectivity index is 2.49. The van der Waals surface area contributed by atoms with Crippen molar-refractivity contribution in [2.45, 2.75) is 6.92 Å². The molecular formula is C15H12N2. The highest BCUT2D eigenvalue weighted by Gasteiger charge is 2.03. The largest absolute Gasteiger partial charge is 0.237 e. The minimum Gasteiger partial charge on any atom is -0.237 e. The summed E-state index contributed by atoms with van der Waals surface area (Å²) in [4.78, 5) is 8.69. The molecule has 0 aliphatic heterocycles. The number of terminal acetylenes is 1. The lowest BCUT2D eigenvalue weighted by molar-refractivity contribution is 1.15. The van der Waals surface area contributed by atoms with Crippen molar-refractivity contribution >= 4 is 5.57 Å². The molecule has 0 saturated carbocycles. The van der Waals surface area contributed by atoms with Crippen LogP contribution in [0.2, 0.25) is 0 Å². The first-order valence-corrected chi connectivity index (χ1v) is 5.26. The van der Waals surface area contributed by atoms with Gasteiger partial charge in [0.1, 0.15) is 0 Å². The molecule has 82 valence electrons. The lowest BCUT2D eigenvalue weighted by Crippen LogP contribution is -1.93. The van der Waals surface area contributed by atoms with Crippen molar-refractivity contribution in [1.82, 2.24) is 9.97 Å². The van der Waals surface area contributed by atoms with Gasteiger partial charge in [0.15, 0.2) is 5.82 Å². The molecule has 0 N–H and O–H groups in total. The average Bonchev–Trinajstić information content (AvgIpc) is 2.39. The maximum Gasteiger partial charge on any atom is 0.159 e. The number of aromatic nitrogens is 2. The summed E-state index contributed by atoms with van der Waals surface area (Å²) in [5.74, 6) is 3.27. The Morgan fingerprint density at radius 2 is 2.18 bits per heavy atom. The van der Waals surface area contributed by atoms with Gasteiger partial charge in [-0.15, -0.1) is 6.42 Å². The fraction of sp³-hybridized carbons (Fsp3) is 0.0667. The summed E-state index contributed by atoms with van der Waals surface area (Å²) in [6.45, 7) is 5.79. The van der Waals surface area contributed by atoms with Crippen molar-refractivity contribution in [3.63, 3.8) is 0 Å². The van der Waals surface area contributed by atoms with Crippen molar-refractivity contribution in [2.24, 2.45) is 0 Å². The number of hydrogen-bond donors (Lipinski definition) is 0. The Morgan fingerprint density at radius 3 is 2.88 bits per heavy atom. The van der Waals surface area contributed by atoms with E-state index in [-0.39, 0.29) is 0 Å². The van der Waals surface area contributed by atoms with Gasteiger partial charge in [0.2, 0.25) is 0 Å². The molecule has 2 aromatic rings. The van der Waals surface area contributed by atoms with E-state index in [9.17, 15) is 0 Å². The summed E-state index contributed by atoms with van der Waals surface area (Å²) in [7, 11) is 0. The van der Waals surface area contributed by atoms with Gasteiger partial charge in [-0.25, -0.2) is 9.97 Å². The van der Waals surface area contributed by atoms with Crippen LogP contribution in [0.25, 0.3) is 17.0 Å². The average molecular weight is 220 g/mol. The molecule has 2 heteroatoms. The zero-order chi connectivity index (χ0) is 12.3. The van der Waals surface area contributed by atoms with Crippen molar-refractivity contribution in [3.05, 3.63) is 54.4 Å². The Bertz CT molecular complexity index is 606. The topological polar surface area (TPSA) is 25.8 Å². The SMILES string of the molecule is C#Cc1cccc(-c2nccc(C(=C)C)n2)c1. The van der Waals surface area contributed by atoms with Crippen LogP contribution in [0.4, 0.5) is 0 Å². The van der Waals surface area contributed by atoms with E-state index in [1.165, 1.54) is 0 Å². The monoisotopic (exact) mass is 220 g/mol. The summed E-state index contributed by atoms with van der Waals surface area (Å²) < 4.78 is 0. The molecule has 17 heavy (non-hydrogen) atoms. The summed E-state index contributed by atoms with van der Waals surface area (Å²) in [5.41, 5.74) is 3.51. The fourth-order valence-electron chi connectivity index (χ4n) is 1.48. The van der Waals surface area contributed by atoms with Gasteiger partial charge < -0.3 is 0 Å². The third kappa shape index (κ3) is 2.40. The van der Waals surface area contributed by atoms with Gasteiger partial charge in [-0.05, 0) is 30.7 Å². The number of benzene rings is 1. The highest BCUT2D eigenvalue weighted by molar-refractivity contribution is 5.62. The van der Waals surface area contributed by atoms with Gasteiger partial charge in [0.05, 0.1) is 5.69 Å². The van der Waals surface area contributed by atoms with E-state index in [4.69, 9.17) is 6.42 Å². The lowest BCUT2D eigenvalue weighted by Gasteiger charge is -2.03. The van der Waals surface area contributed by atoms with Crippen LogP contribution in [0.3, 0.4) is 0 Å². The molecule has 0 radical (unpaired) electrons. The molecule has 2 nitrogen and oxygen atoms in total. The summed E-state index contributed by atoms with van der Waals surface area (Å²) in [5, 5.41) is 0. The second-order valence-corrected chi connectivity index (χ2v) is 3.77. The number of hydrogen-bond acceptors (Lipinski definition) is 2. The van der Waals surface area contributed by atoms with Crippen LogP contribution in [0.1, 0.15) is 18.2 Å². The summed E-state index contributed by atoms with van der Waals surface area (Å²) in [6, 6.07) is 9.47. The zero-order valence-corrected chi connectivity index (χ0v) is 9.64. The number of allylic oxidation sites excluding steroid dienone is 1. The van der Waals surface area contributed by atoms with E-state index < -0.39 is 0 Å². The van der Waals surface area contributed by atoms with E-state index in [2.05, 4.69) is 22.5 Å². The predicted molar refractivity (Wildman–Crippen MR) is 70.1 cm³/mol. The van der Waals surface area contributed by atoms with Crippen molar-refractivity contribution in [3.8, 4) is 23.7 Å². The summed E-state index contributed by atoms with van der Waals surface area (Å²) in [6.07, 6.45) is 7.10. The van der Waals surface area contributed by atoms with Crippen molar-refractivity contribution < 1.29 is 0 Å². The molecule has 0 unspecified atom stereocenters. The minimum atomic E-state index is 0.669. The molecule has 0 fully saturated rings. The highest BCUT2D eigenvalue weighted by Crippen LogP contribution is 2.17. The van der Waals surface area contributed by atoms with E-state index in [0.717, 1.165) is 22.4 Å². The van der Waals surface area contributed by atoms with Gasteiger partial charge in [-0.1, -0.05) is 24.6 Å². The van der Waals surface area contributed by atoms with Gasteiger partial charge in [0.25, 0.3) is 0 Å². The van der Waals surface area contributed by atoms with E-state index >= 15 is 0 Å². The van der Waals surface area contributed by atoms with Gasteiger partial charge in [-0.3, -0.25) is 0 Å². The van der Waals surface area contributed by atoms with Gasteiger partial charge in [-0.2, -0.15) is 0 Å². The summed E-state index contributed by atoms with van der Waals surface area (Å²) >= 11 is 0. The molecule has 0 aliphatic carbocycles. The molecule has 1 aromatic carbocycles. The molecule has 0 amide bonds. The van der Waals surface area contributed by atoms with Crippen LogP contribution in [0.15, 0.2) is 43.1 Å². The van der Waals surface area contributed by atoms with Crippen LogP contribution < -0.4 is 0 Å². The molecule has 2 rings (SSSR count).